The number of carbonyl (C=O) groups excluding carboxylic acids is 3. The van der Waals surface area contributed by atoms with Gasteiger partial charge >= 0.3 is 18.0 Å². The van der Waals surface area contributed by atoms with Crippen molar-refractivity contribution in [2.75, 3.05) is 0 Å². The van der Waals surface area contributed by atoms with E-state index in [1.54, 1.807) is 63.2 Å². The molecule has 0 aliphatic heterocycles. The maximum Gasteiger partial charge on any atom is 0.408 e. The Morgan fingerprint density at radius 3 is 2.37 bits per heavy atom. The Morgan fingerprint density at radius 1 is 1.07 bits per heavy atom. The minimum atomic E-state index is -1.30. The number of hydrogen-bond acceptors (Lipinski definition) is 7. The number of nitrogens with one attached hydrogen (secondary N) is 1. The Labute approximate surface area is 179 Å². The van der Waals surface area contributed by atoms with Crippen LogP contribution in [-0.4, -0.2) is 34.4 Å². The van der Waals surface area contributed by atoms with Crippen LogP contribution in [-0.2, 0) is 25.7 Å². The first-order valence-electron chi connectivity index (χ1n) is 9.23. The van der Waals surface area contributed by atoms with Crippen molar-refractivity contribution in [3.63, 3.8) is 0 Å². The van der Waals surface area contributed by atoms with Crippen LogP contribution < -0.4 is 10.2 Å². The standard InChI is InChI=1S/C21H24N2O6S/c1-21(2,3)28-20(26)22-16(19(25)27-14-15-9-5-4-6-10-15)13-18(24)29-23-12-8-7-11-17(23)30/h4-12,16H,13-14H2,1-3H3,(H,22,26). The van der Waals surface area contributed by atoms with Crippen molar-refractivity contribution in [1.82, 2.24) is 10.0 Å². The molecule has 160 valence electrons. The summed E-state index contributed by atoms with van der Waals surface area (Å²) >= 11 is 5.07. The second-order valence-electron chi connectivity index (χ2n) is 7.32. The molecule has 2 aromatic rings. The maximum absolute atomic E-state index is 12.5. The molecule has 0 fully saturated rings. The molecule has 2 rings (SSSR count). The van der Waals surface area contributed by atoms with Gasteiger partial charge in [-0.2, -0.15) is 4.73 Å². The fourth-order valence-corrected chi connectivity index (χ4v) is 2.45. The first-order valence-corrected chi connectivity index (χ1v) is 9.64. The van der Waals surface area contributed by atoms with Crippen molar-refractivity contribution in [3.05, 3.63) is 64.9 Å². The van der Waals surface area contributed by atoms with Crippen molar-refractivity contribution in [3.8, 4) is 0 Å². The van der Waals surface area contributed by atoms with Crippen molar-refractivity contribution >= 4 is 30.2 Å². The van der Waals surface area contributed by atoms with E-state index in [2.05, 4.69) is 5.32 Å². The molecule has 8 nitrogen and oxygen atoms in total. The van der Waals surface area contributed by atoms with Gasteiger partial charge in [0.25, 0.3) is 0 Å². The molecule has 30 heavy (non-hydrogen) atoms. The topological polar surface area (TPSA) is 95.9 Å². The molecule has 1 atom stereocenters. The van der Waals surface area contributed by atoms with Gasteiger partial charge in [-0.1, -0.05) is 48.6 Å². The summed E-state index contributed by atoms with van der Waals surface area (Å²) in [5.74, 6) is -1.58. The van der Waals surface area contributed by atoms with Gasteiger partial charge in [0.15, 0.2) is 0 Å². The quantitative estimate of drug-likeness (QED) is 0.530. The second-order valence-corrected chi connectivity index (χ2v) is 7.74. The Hall–Kier alpha value is -3.20. The van der Waals surface area contributed by atoms with E-state index in [-0.39, 0.29) is 11.2 Å². The van der Waals surface area contributed by atoms with Crippen LogP contribution >= 0.6 is 12.2 Å². The number of alkyl carbamates (subject to hydrolysis) is 1. The number of esters is 1. The molecule has 1 heterocycles. The molecule has 0 spiro atoms. The summed E-state index contributed by atoms with van der Waals surface area (Å²) in [4.78, 5) is 42.1. The van der Waals surface area contributed by atoms with E-state index in [4.69, 9.17) is 26.5 Å². The molecule has 1 unspecified atom stereocenters. The van der Waals surface area contributed by atoms with Gasteiger partial charge in [0.05, 0.1) is 6.42 Å². The summed E-state index contributed by atoms with van der Waals surface area (Å²) in [6.45, 7) is 5.03. The van der Waals surface area contributed by atoms with Gasteiger partial charge in [0, 0.05) is 6.20 Å². The molecule has 1 aromatic carbocycles. The zero-order valence-corrected chi connectivity index (χ0v) is 17.8. The van der Waals surface area contributed by atoms with Crippen molar-refractivity contribution in [1.29, 1.82) is 0 Å². The monoisotopic (exact) mass is 432 g/mol. The highest BCUT2D eigenvalue weighted by Gasteiger charge is 2.29. The molecule has 0 bridgehead atoms. The van der Waals surface area contributed by atoms with Crippen LogP contribution in [0.1, 0.15) is 32.8 Å². The van der Waals surface area contributed by atoms with E-state index in [0.29, 0.717) is 0 Å². The Balaban J connectivity index is 2.06. The van der Waals surface area contributed by atoms with Crippen LogP contribution in [0.5, 0.6) is 0 Å². The van der Waals surface area contributed by atoms with E-state index < -0.39 is 36.1 Å². The normalized spacial score (nSPS) is 11.8. The minimum Gasteiger partial charge on any atom is -0.459 e. The number of ether oxygens (including phenoxy) is 2. The highest BCUT2D eigenvalue weighted by Crippen LogP contribution is 2.09. The highest BCUT2D eigenvalue weighted by molar-refractivity contribution is 7.71. The van der Waals surface area contributed by atoms with Crippen LogP contribution in [0.4, 0.5) is 4.79 Å². The van der Waals surface area contributed by atoms with E-state index in [1.807, 2.05) is 6.07 Å². The largest absolute Gasteiger partial charge is 0.459 e. The average molecular weight is 432 g/mol. The van der Waals surface area contributed by atoms with Gasteiger partial charge in [-0.15, -0.1) is 0 Å². The maximum atomic E-state index is 12.5. The number of carbonyl (C=O) groups is 3. The third-order valence-electron chi connectivity index (χ3n) is 3.56. The summed E-state index contributed by atoms with van der Waals surface area (Å²) in [5.41, 5.74) is -0.0137. The van der Waals surface area contributed by atoms with E-state index in [0.717, 1.165) is 10.3 Å². The van der Waals surface area contributed by atoms with Crippen LogP contribution in [0.25, 0.3) is 0 Å². The SMILES string of the molecule is CC(C)(C)OC(=O)NC(CC(=O)On1ccccc1=S)C(=O)OCc1ccccc1. The number of amides is 1. The summed E-state index contributed by atoms with van der Waals surface area (Å²) in [6, 6.07) is 12.6. The molecule has 1 amide bonds. The van der Waals surface area contributed by atoms with E-state index >= 15 is 0 Å². The van der Waals surface area contributed by atoms with E-state index in [1.165, 1.54) is 6.20 Å². The van der Waals surface area contributed by atoms with Gasteiger partial charge < -0.3 is 19.6 Å². The van der Waals surface area contributed by atoms with Crippen LogP contribution in [0.3, 0.4) is 0 Å². The molecule has 1 N–H and O–H groups in total. The van der Waals surface area contributed by atoms with E-state index in [9.17, 15) is 14.4 Å². The zero-order chi connectivity index (χ0) is 22.1. The molecular formula is C21H24N2O6S. The van der Waals surface area contributed by atoms with Gasteiger partial charge in [-0.3, -0.25) is 0 Å². The molecular weight excluding hydrogens is 408 g/mol. The number of nitrogens with zero attached hydrogens (tertiary/aromatic N) is 1. The lowest BCUT2D eigenvalue weighted by Crippen LogP contribution is -2.46. The number of hydrogen-bond donors (Lipinski definition) is 1. The smallest absolute Gasteiger partial charge is 0.408 e. The Bertz CT molecular complexity index is 936. The van der Waals surface area contributed by atoms with Gasteiger partial charge in [0.1, 0.15) is 22.9 Å². The Kier molecular flexibility index (Phi) is 8.11. The minimum absolute atomic E-state index is 0.00897. The second kappa shape index (κ2) is 10.5. The van der Waals surface area contributed by atoms with Crippen molar-refractivity contribution in [2.45, 2.75) is 45.4 Å². The van der Waals surface area contributed by atoms with Gasteiger partial charge in [-0.25, -0.2) is 14.4 Å². The molecule has 0 saturated heterocycles. The number of pyridine rings is 1. The van der Waals surface area contributed by atoms with Gasteiger partial charge in [-0.05, 0) is 38.5 Å². The average Bonchev–Trinajstić information content (AvgIpc) is 2.66. The lowest BCUT2D eigenvalue weighted by molar-refractivity contribution is -0.153. The van der Waals surface area contributed by atoms with Crippen molar-refractivity contribution < 1.29 is 28.7 Å². The molecule has 0 radical (unpaired) electrons. The lowest BCUT2D eigenvalue weighted by Gasteiger charge is -2.22. The summed E-state index contributed by atoms with van der Waals surface area (Å²) in [5, 5.41) is 2.37. The summed E-state index contributed by atoms with van der Waals surface area (Å²) in [6.07, 6.45) is 0.140. The summed E-state index contributed by atoms with van der Waals surface area (Å²) in [7, 11) is 0. The highest BCUT2D eigenvalue weighted by atomic mass is 32.1. The first-order chi connectivity index (χ1) is 14.1. The van der Waals surface area contributed by atoms with Crippen molar-refractivity contribution in [2.24, 2.45) is 0 Å². The zero-order valence-electron chi connectivity index (χ0n) is 17.0. The lowest BCUT2D eigenvalue weighted by atomic mass is 10.2. The number of aromatic nitrogens is 1. The predicted molar refractivity (Wildman–Crippen MR) is 111 cm³/mol. The Morgan fingerprint density at radius 2 is 1.73 bits per heavy atom. The van der Waals surface area contributed by atoms with Gasteiger partial charge in [0.2, 0.25) is 0 Å². The van der Waals surface area contributed by atoms with Crippen LogP contribution in [0.15, 0.2) is 54.7 Å². The summed E-state index contributed by atoms with van der Waals surface area (Å²) < 4.78 is 11.8. The third-order valence-corrected chi connectivity index (χ3v) is 3.87. The fraction of sp³-hybridized carbons (Fsp3) is 0.333. The molecule has 1 aromatic heterocycles. The third kappa shape index (κ3) is 8.04. The molecule has 0 aliphatic rings. The van der Waals surface area contributed by atoms with Crippen LogP contribution in [0, 0.1) is 4.64 Å². The number of benzene rings is 1. The predicted octanol–water partition coefficient (Wildman–Crippen LogP) is 3.20. The first kappa shape index (κ1) is 23.1. The molecule has 0 saturated carbocycles. The number of rotatable bonds is 7. The fourth-order valence-electron chi connectivity index (χ4n) is 2.27. The van der Waals surface area contributed by atoms with Crippen LogP contribution in [0.2, 0.25) is 0 Å². The molecule has 9 heteroatoms. The molecule has 0 aliphatic carbocycles.